The number of β-amino-alcohol motifs (C(OH)–C–C–N with tert-alkyl or cyclic N) is 1. The number of rotatable bonds is 13. The number of aliphatic hydroxyl groups is 1. The summed E-state index contributed by atoms with van der Waals surface area (Å²) in [5, 5.41) is 13.2. The van der Waals surface area contributed by atoms with Gasteiger partial charge in [-0.05, 0) is 55.6 Å². The Hall–Kier alpha value is -3.43. The molecule has 2 amide bonds. The van der Waals surface area contributed by atoms with Crippen molar-refractivity contribution in [1.29, 1.82) is 0 Å². The van der Waals surface area contributed by atoms with Crippen LogP contribution in [0.1, 0.15) is 51.1 Å². The third-order valence-corrected chi connectivity index (χ3v) is 7.77. The molecule has 1 aromatic rings. The van der Waals surface area contributed by atoms with E-state index in [4.69, 9.17) is 0 Å². The first kappa shape index (κ1) is 31.8. The minimum absolute atomic E-state index is 0.0164. The van der Waals surface area contributed by atoms with Crippen molar-refractivity contribution in [3.8, 4) is 0 Å². The summed E-state index contributed by atoms with van der Waals surface area (Å²) in [5.41, 5.74) is 4.60. The normalized spacial score (nSPS) is 18.9. The number of aliphatic hydroxyl groups excluding tert-OH is 1. The van der Waals surface area contributed by atoms with Crippen LogP contribution >= 0.6 is 11.3 Å². The molecule has 0 aromatic carbocycles. The van der Waals surface area contributed by atoms with Crippen molar-refractivity contribution in [1.82, 2.24) is 15.2 Å². The van der Waals surface area contributed by atoms with Gasteiger partial charge >= 0.3 is 0 Å². The Bertz CT molecular complexity index is 1210. The van der Waals surface area contributed by atoms with E-state index < -0.39 is 18.1 Å². The molecule has 0 radical (unpaired) electrons. The van der Waals surface area contributed by atoms with Gasteiger partial charge in [-0.3, -0.25) is 19.2 Å². The summed E-state index contributed by atoms with van der Waals surface area (Å²) in [6.07, 6.45) is 7.13. The first-order valence-electron chi connectivity index (χ1n) is 13.0. The highest BCUT2D eigenvalue weighted by Crippen LogP contribution is 2.27. The van der Waals surface area contributed by atoms with Crippen molar-refractivity contribution in [2.24, 2.45) is 11.8 Å². The molecular formula is C30H39N3O5S. The first-order chi connectivity index (χ1) is 18.4. The zero-order chi connectivity index (χ0) is 29.3. The number of ketones is 2. The summed E-state index contributed by atoms with van der Waals surface area (Å²) in [4.78, 5) is 57.7. The van der Waals surface area contributed by atoms with Crippen LogP contribution in [0, 0.1) is 18.8 Å². The maximum atomic E-state index is 13.5. The van der Waals surface area contributed by atoms with Gasteiger partial charge in [-0.1, -0.05) is 45.2 Å². The molecule has 0 spiro atoms. The zero-order valence-electron chi connectivity index (χ0n) is 23.4. The number of carbonyl (C=O) groups is 4. The predicted molar refractivity (Wildman–Crippen MR) is 155 cm³/mol. The van der Waals surface area contributed by atoms with E-state index in [-0.39, 0.29) is 60.8 Å². The lowest BCUT2D eigenvalue weighted by Gasteiger charge is -2.29. The fourth-order valence-corrected chi connectivity index (χ4v) is 5.06. The number of amides is 2. The van der Waals surface area contributed by atoms with Gasteiger partial charge in [-0.15, -0.1) is 11.3 Å². The van der Waals surface area contributed by atoms with E-state index in [1.165, 1.54) is 29.2 Å². The molecule has 1 aliphatic heterocycles. The lowest BCUT2D eigenvalue weighted by Crippen LogP contribution is -2.49. The van der Waals surface area contributed by atoms with Crippen LogP contribution in [0.5, 0.6) is 0 Å². The molecule has 1 fully saturated rings. The summed E-state index contributed by atoms with van der Waals surface area (Å²) in [6, 6.07) is -0.847. The molecule has 0 aliphatic carbocycles. The van der Waals surface area contributed by atoms with E-state index in [0.29, 0.717) is 0 Å². The molecule has 0 saturated carbocycles. The molecule has 2 N–H and O–H groups in total. The van der Waals surface area contributed by atoms with Gasteiger partial charge in [0.15, 0.2) is 11.6 Å². The first-order valence-corrected chi connectivity index (χ1v) is 13.8. The van der Waals surface area contributed by atoms with Gasteiger partial charge in [0.25, 0.3) is 0 Å². The van der Waals surface area contributed by atoms with Crippen LogP contribution in [0.4, 0.5) is 0 Å². The number of nitrogens with zero attached hydrogens (tertiary/aromatic N) is 2. The van der Waals surface area contributed by atoms with Crippen LogP contribution < -0.4 is 5.32 Å². The van der Waals surface area contributed by atoms with Crippen molar-refractivity contribution in [2.45, 2.75) is 59.6 Å². The third kappa shape index (κ3) is 8.80. The van der Waals surface area contributed by atoms with Crippen LogP contribution in [-0.2, 0) is 19.2 Å². The number of hydrogen-bond acceptors (Lipinski definition) is 7. The number of nitrogens with one attached hydrogen (secondary N) is 1. The van der Waals surface area contributed by atoms with Crippen molar-refractivity contribution < 1.29 is 24.3 Å². The average Bonchev–Trinajstić information content (AvgIpc) is 3.51. The Kier molecular flexibility index (Phi) is 11.9. The van der Waals surface area contributed by atoms with Crippen molar-refractivity contribution >= 4 is 40.3 Å². The summed E-state index contributed by atoms with van der Waals surface area (Å²) in [6.45, 7) is 16.7. The molecular weight excluding hydrogens is 514 g/mol. The average molecular weight is 554 g/mol. The van der Waals surface area contributed by atoms with Gasteiger partial charge in [-0.25, -0.2) is 4.98 Å². The number of aromatic nitrogens is 1. The van der Waals surface area contributed by atoms with Gasteiger partial charge in [0.2, 0.25) is 11.8 Å². The number of Topliss-reactive ketones (excluding diaryl/α,β-unsaturated/α-hetero) is 1. The second-order valence-corrected chi connectivity index (χ2v) is 10.9. The largest absolute Gasteiger partial charge is 0.391 e. The Morgan fingerprint density at radius 3 is 2.54 bits per heavy atom. The van der Waals surface area contributed by atoms with Crippen LogP contribution in [0.2, 0.25) is 0 Å². The maximum Gasteiger partial charge on any atom is 0.243 e. The smallest absolute Gasteiger partial charge is 0.243 e. The number of thiazole rings is 1. The van der Waals surface area contributed by atoms with Crippen LogP contribution in [0.25, 0.3) is 5.57 Å². The quantitative estimate of drug-likeness (QED) is 0.282. The maximum absolute atomic E-state index is 13.5. The lowest BCUT2D eigenvalue weighted by molar-refractivity contribution is -0.144. The topological polar surface area (TPSA) is 117 Å². The SMILES string of the molecule is C=CC(=O)/C=C(/C)C(=O)C[C@H](C(=O)N1C[C@H](O)C[C@H]1C(=O)NCC(/C=C\C(=C)c1scnc1C)=C/C)C(C)C. The molecule has 3 atom stereocenters. The molecule has 210 valence electrons. The molecule has 2 heterocycles. The predicted octanol–water partition coefficient (Wildman–Crippen LogP) is 3.98. The Balaban J connectivity index is 2.09. The van der Waals surface area contributed by atoms with Gasteiger partial charge in [-0.2, -0.15) is 0 Å². The van der Waals surface area contributed by atoms with Crippen LogP contribution in [0.3, 0.4) is 0 Å². The summed E-state index contributed by atoms with van der Waals surface area (Å²) >= 11 is 1.51. The number of carbonyl (C=O) groups excluding carboxylic acids is 4. The second kappa shape index (κ2) is 14.6. The highest BCUT2D eigenvalue weighted by molar-refractivity contribution is 7.11. The van der Waals surface area contributed by atoms with Crippen molar-refractivity contribution in [3.05, 3.63) is 70.8 Å². The standard InChI is InChI=1S/C30H39N3O5S/c1-8-22(11-10-19(5)28-21(7)32-17-39-28)15-31-29(37)26-13-24(35)16-33(26)30(38)25(18(3)4)14-27(36)20(6)12-23(34)9-2/h8-12,17-18,24-26,35H,2,5,13-16H2,1,3-4,6-7H3,(H,31,37)/b11-10-,20-12-,22-8+/t24-,25+,26+/m1/s1. The molecule has 0 unspecified atom stereocenters. The third-order valence-electron chi connectivity index (χ3n) is 6.77. The van der Waals surface area contributed by atoms with E-state index in [1.54, 1.807) is 5.51 Å². The highest BCUT2D eigenvalue weighted by Gasteiger charge is 2.42. The Morgan fingerprint density at radius 2 is 1.97 bits per heavy atom. The van der Waals surface area contributed by atoms with Crippen LogP contribution in [-0.4, -0.2) is 63.6 Å². The van der Waals surface area contributed by atoms with E-state index in [1.807, 2.05) is 45.9 Å². The molecule has 9 heteroatoms. The Morgan fingerprint density at radius 1 is 1.28 bits per heavy atom. The zero-order valence-corrected chi connectivity index (χ0v) is 24.2. The van der Waals surface area contributed by atoms with E-state index >= 15 is 0 Å². The van der Waals surface area contributed by atoms with Gasteiger partial charge in [0.05, 0.1) is 22.2 Å². The molecule has 39 heavy (non-hydrogen) atoms. The van der Waals surface area contributed by atoms with Gasteiger partial charge in [0.1, 0.15) is 6.04 Å². The summed E-state index contributed by atoms with van der Waals surface area (Å²) in [7, 11) is 0. The molecule has 2 rings (SSSR count). The van der Waals surface area contributed by atoms with Crippen molar-refractivity contribution in [3.63, 3.8) is 0 Å². The molecule has 1 aromatic heterocycles. The highest BCUT2D eigenvalue weighted by atomic mass is 32.1. The molecule has 1 saturated heterocycles. The number of aryl methyl sites for hydroxylation is 1. The second-order valence-electron chi connectivity index (χ2n) is 10.0. The fraction of sp³-hybridized carbons (Fsp3) is 0.433. The number of likely N-dealkylation sites (tertiary alicyclic amines) is 1. The minimum Gasteiger partial charge on any atom is -0.391 e. The lowest BCUT2D eigenvalue weighted by atomic mass is 9.87. The monoisotopic (exact) mass is 553 g/mol. The number of allylic oxidation sites excluding steroid dienone is 6. The van der Waals surface area contributed by atoms with Gasteiger partial charge in [0, 0.05) is 31.8 Å². The van der Waals surface area contributed by atoms with Crippen molar-refractivity contribution in [2.75, 3.05) is 13.1 Å². The molecule has 8 nitrogen and oxygen atoms in total. The van der Waals surface area contributed by atoms with Gasteiger partial charge < -0.3 is 15.3 Å². The van der Waals surface area contributed by atoms with E-state index in [0.717, 1.165) is 27.8 Å². The molecule has 0 bridgehead atoms. The van der Waals surface area contributed by atoms with Crippen LogP contribution in [0.15, 0.2) is 60.2 Å². The summed E-state index contributed by atoms with van der Waals surface area (Å²) in [5.74, 6) is -2.33. The fourth-order valence-electron chi connectivity index (χ4n) is 4.30. The van der Waals surface area contributed by atoms with E-state index in [2.05, 4.69) is 23.5 Å². The summed E-state index contributed by atoms with van der Waals surface area (Å²) < 4.78 is 0. The minimum atomic E-state index is -0.847. The molecule has 1 aliphatic rings. The van der Waals surface area contributed by atoms with E-state index in [9.17, 15) is 24.3 Å². The Labute approximate surface area is 234 Å². The number of hydrogen-bond donors (Lipinski definition) is 2.